The van der Waals surface area contributed by atoms with Crippen LogP contribution in [0.3, 0.4) is 0 Å². The van der Waals surface area contributed by atoms with Crippen molar-refractivity contribution in [3.8, 4) is 5.75 Å². The Morgan fingerprint density at radius 3 is 2.33 bits per heavy atom. The van der Waals surface area contributed by atoms with E-state index in [2.05, 4.69) is 12.7 Å². The predicted molar refractivity (Wildman–Crippen MR) is 58.6 cm³/mol. The normalized spacial score (nSPS) is 9.47. The van der Waals surface area contributed by atoms with E-state index in [1.807, 2.05) is 24.3 Å². The van der Waals surface area contributed by atoms with Crippen LogP contribution in [0, 0.1) is 0 Å². The van der Waals surface area contributed by atoms with E-state index in [0.717, 1.165) is 24.5 Å². The van der Waals surface area contributed by atoms with Gasteiger partial charge in [0.05, 0.1) is 6.61 Å². The van der Waals surface area contributed by atoms with Gasteiger partial charge in [0.1, 0.15) is 11.4 Å². The predicted octanol–water partition coefficient (Wildman–Crippen LogP) is -0.477. The minimum Gasteiger partial charge on any atom is -1.00 e. The van der Waals surface area contributed by atoms with Gasteiger partial charge in [0, 0.05) is 12.1 Å². The zero-order valence-electron chi connectivity index (χ0n) is 9.34. The zero-order chi connectivity index (χ0) is 10.2. The number of unbranched alkanes of at least 4 members (excludes halogenated alkanes) is 3. The van der Waals surface area contributed by atoms with E-state index >= 15 is 0 Å². The molecule has 0 fully saturated rings. The summed E-state index contributed by atoms with van der Waals surface area (Å²) < 4.78 is 5.58. The lowest BCUT2D eigenvalue weighted by Crippen LogP contribution is -3.00. The Bertz CT molecular complexity index is 248. The van der Waals surface area contributed by atoms with E-state index in [0.29, 0.717) is 0 Å². The van der Waals surface area contributed by atoms with Gasteiger partial charge in [-0.05, 0) is 18.6 Å². The maximum Gasteiger partial charge on any atom is 0.128 e. The maximum atomic E-state index is 5.58. The molecule has 3 N–H and O–H groups in total. The highest BCUT2D eigenvalue weighted by atomic mass is 35.5. The van der Waals surface area contributed by atoms with Crippen LogP contribution >= 0.6 is 0 Å². The molecule has 0 heterocycles. The second-order valence-corrected chi connectivity index (χ2v) is 3.55. The largest absolute Gasteiger partial charge is 1.00 e. The fraction of sp³-hybridized carbons (Fsp3) is 0.500. The number of ether oxygens (including phenoxy) is 1. The molecule has 0 atom stereocenters. The highest BCUT2D eigenvalue weighted by Crippen LogP contribution is 2.12. The Kier molecular flexibility index (Phi) is 8.15. The monoisotopic (exact) mass is 229 g/mol. The van der Waals surface area contributed by atoms with Crippen molar-refractivity contribution in [1.29, 1.82) is 0 Å². The summed E-state index contributed by atoms with van der Waals surface area (Å²) in [6.07, 6.45) is 5.00. The van der Waals surface area contributed by atoms with Crippen LogP contribution in [-0.4, -0.2) is 6.61 Å². The van der Waals surface area contributed by atoms with Gasteiger partial charge in [0.25, 0.3) is 0 Å². The maximum absolute atomic E-state index is 5.58. The lowest BCUT2D eigenvalue weighted by atomic mass is 10.2. The third-order valence-corrected chi connectivity index (χ3v) is 2.19. The standard InChI is InChI=1S/C12H19NO.ClH/c1-2-3-4-5-10-14-12-8-6-11(13)7-9-12;/h6-9H,2-5,10,13H2,1H3;1H. The van der Waals surface area contributed by atoms with Crippen LogP contribution in [0.1, 0.15) is 32.6 Å². The van der Waals surface area contributed by atoms with Crippen LogP contribution in [0.5, 0.6) is 5.75 Å². The second kappa shape index (κ2) is 8.57. The molecule has 1 aromatic carbocycles. The number of hydrogen-bond acceptors (Lipinski definition) is 1. The first-order chi connectivity index (χ1) is 6.83. The number of halogens is 1. The molecule has 0 aliphatic carbocycles. The third kappa shape index (κ3) is 6.37. The average Bonchev–Trinajstić information content (AvgIpc) is 2.21. The topological polar surface area (TPSA) is 36.9 Å². The van der Waals surface area contributed by atoms with Gasteiger partial charge in [-0.25, -0.2) is 0 Å². The van der Waals surface area contributed by atoms with Gasteiger partial charge in [-0.1, -0.05) is 26.2 Å². The van der Waals surface area contributed by atoms with Gasteiger partial charge in [0.15, 0.2) is 0 Å². The molecule has 0 bridgehead atoms. The molecule has 0 unspecified atom stereocenters. The van der Waals surface area contributed by atoms with Crippen molar-refractivity contribution >= 4 is 5.69 Å². The van der Waals surface area contributed by atoms with Crippen molar-refractivity contribution in [2.24, 2.45) is 0 Å². The summed E-state index contributed by atoms with van der Waals surface area (Å²) in [5.41, 5.74) is 4.86. The van der Waals surface area contributed by atoms with Crippen molar-refractivity contribution in [3.05, 3.63) is 24.3 Å². The van der Waals surface area contributed by atoms with Gasteiger partial charge >= 0.3 is 0 Å². The lowest BCUT2D eigenvalue weighted by molar-refractivity contribution is -0.254. The third-order valence-electron chi connectivity index (χ3n) is 2.19. The molecular formula is C12H20ClNO. The first-order valence-corrected chi connectivity index (χ1v) is 5.37. The summed E-state index contributed by atoms with van der Waals surface area (Å²) >= 11 is 0. The molecule has 0 radical (unpaired) electrons. The summed E-state index contributed by atoms with van der Waals surface area (Å²) in [5, 5.41) is 0. The van der Waals surface area contributed by atoms with Crippen LogP contribution in [-0.2, 0) is 0 Å². The van der Waals surface area contributed by atoms with Crippen molar-refractivity contribution in [2.45, 2.75) is 32.6 Å². The van der Waals surface area contributed by atoms with Gasteiger partial charge in [-0.2, -0.15) is 0 Å². The van der Waals surface area contributed by atoms with E-state index < -0.39 is 0 Å². The Balaban J connectivity index is 0.00000196. The molecule has 0 spiro atoms. The van der Waals surface area contributed by atoms with Crippen LogP contribution < -0.4 is 22.9 Å². The van der Waals surface area contributed by atoms with Crippen molar-refractivity contribution in [2.75, 3.05) is 6.61 Å². The zero-order valence-corrected chi connectivity index (χ0v) is 10.1. The number of quaternary nitrogens is 1. The molecular weight excluding hydrogens is 210 g/mol. The Morgan fingerprint density at radius 1 is 1.07 bits per heavy atom. The van der Waals surface area contributed by atoms with Crippen LogP contribution in [0.15, 0.2) is 24.3 Å². The molecule has 0 aliphatic rings. The second-order valence-electron chi connectivity index (χ2n) is 3.55. The fourth-order valence-corrected chi connectivity index (χ4v) is 1.30. The van der Waals surface area contributed by atoms with Gasteiger partial charge in [0.2, 0.25) is 0 Å². The molecule has 0 saturated heterocycles. The summed E-state index contributed by atoms with van der Waals surface area (Å²) in [7, 11) is 0. The van der Waals surface area contributed by atoms with Gasteiger partial charge in [-0.3, -0.25) is 0 Å². The Labute approximate surface area is 98.2 Å². The lowest BCUT2D eigenvalue weighted by Gasteiger charge is -2.04. The van der Waals surface area contributed by atoms with Crippen molar-refractivity contribution < 1.29 is 22.9 Å². The molecule has 0 aromatic heterocycles. The van der Waals surface area contributed by atoms with Gasteiger partial charge in [-0.15, -0.1) is 0 Å². The molecule has 2 nitrogen and oxygen atoms in total. The first-order valence-electron chi connectivity index (χ1n) is 5.37. The highest BCUT2D eigenvalue weighted by Gasteiger charge is 1.94. The molecule has 0 aliphatic heterocycles. The van der Waals surface area contributed by atoms with Gasteiger partial charge < -0.3 is 22.9 Å². The van der Waals surface area contributed by atoms with E-state index in [9.17, 15) is 0 Å². The Morgan fingerprint density at radius 2 is 1.73 bits per heavy atom. The molecule has 0 saturated carbocycles. The van der Waals surface area contributed by atoms with E-state index in [1.54, 1.807) is 0 Å². The number of rotatable bonds is 6. The smallest absolute Gasteiger partial charge is 0.128 e. The number of hydrogen-bond donors (Lipinski definition) is 1. The molecule has 1 aromatic rings. The summed E-state index contributed by atoms with van der Waals surface area (Å²) in [6.45, 7) is 3.05. The molecule has 86 valence electrons. The molecule has 3 heteroatoms. The quantitative estimate of drug-likeness (QED) is 0.658. The molecule has 0 amide bonds. The molecule has 15 heavy (non-hydrogen) atoms. The highest BCUT2D eigenvalue weighted by molar-refractivity contribution is 5.34. The van der Waals surface area contributed by atoms with E-state index in [4.69, 9.17) is 4.74 Å². The molecule has 1 rings (SSSR count). The van der Waals surface area contributed by atoms with Crippen LogP contribution in [0.2, 0.25) is 0 Å². The van der Waals surface area contributed by atoms with E-state index in [1.165, 1.54) is 19.3 Å². The summed E-state index contributed by atoms with van der Waals surface area (Å²) in [6, 6.07) is 7.90. The van der Waals surface area contributed by atoms with Crippen LogP contribution in [0.4, 0.5) is 5.69 Å². The minimum absolute atomic E-state index is 0. The fourth-order valence-electron chi connectivity index (χ4n) is 1.30. The summed E-state index contributed by atoms with van der Waals surface area (Å²) in [4.78, 5) is 0. The van der Waals surface area contributed by atoms with Crippen LogP contribution in [0.25, 0.3) is 0 Å². The van der Waals surface area contributed by atoms with E-state index in [-0.39, 0.29) is 12.4 Å². The van der Waals surface area contributed by atoms with Crippen molar-refractivity contribution in [3.63, 3.8) is 0 Å². The summed E-state index contributed by atoms with van der Waals surface area (Å²) in [5.74, 6) is 0.953. The SMILES string of the molecule is CCCCCCOc1ccc([NH3+])cc1.[Cl-]. The Hall–Kier alpha value is -0.730. The minimum atomic E-state index is 0. The number of benzene rings is 1. The van der Waals surface area contributed by atoms with Crippen molar-refractivity contribution in [1.82, 2.24) is 0 Å². The first kappa shape index (κ1) is 14.3. The average molecular weight is 230 g/mol.